The van der Waals surface area contributed by atoms with Crippen LogP contribution in [0.1, 0.15) is 22.3 Å². The SMILES string of the molecule is c1ccc(N(c2ccccc2)c2ccc3c(c2)C(c2ccccc2)(c2ccccc2)c2ccc(-c4ccc5oc6cc(N(c7ccccc7)c7ccc(-c8ccc9sc%10ccccc%10c9c8)cc7)ccc6c5c4)cc2-3)cc1. The number of hydrogen-bond donors (Lipinski definition) is 0. The monoisotopic (exact) mass is 1000 g/mol. The minimum Gasteiger partial charge on any atom is -0.456 e. The number of rotatable bonds is 10. The summed E-state index contributed by atoms with van der Waals surface area (Å²) < 4.78 is 9.39. The Labute approximate surface area is 451 Å². The van der Waals surface area contributed by atoms with Crippen molar-refractivity contribution in [3.8, 4) is 33.4 Å². The Morgan fingerprint density at radius 2 is 0.753 bits per heavy atom. The molecular formula is C73H48N2OS. The molecule has 0 saturated heterocycles. The van der Waals surface area contributed by atoms with Crippen molar-refractivity contribution < 1.29 is 4.42 Å². The molecule has 0 amide bonds. The molecule has 4 heteroatoms. The molecule has 2 heterocycles. The van der Waals surface area contributed by atoms with Crippen molar-refractivity contribution in [2.45, 2.75) is 5.41 Å². The largest absolute Gasteiger partial charge is 0.456 e. The maximum absolute atomic E-state index is 6.75. The van der Waals surface area contributed by atoms with Gasteiger partial charge in [-0.1, -0.05) is 176 Å². The molecule has 1 aliphatic rings. The molecular weight excluding hydrogens is 953 g/mol. The zero-order valence-electron chi connectivity index (χ0n) is 41.9. The first kappa shape index (κ1) is 44.7. The lowest BCUT2D eigenvalue weighted by Gasteiger charge is -2.35. The van der Waals surface area contributed by atoms with E-state index in [9.17, 15) is 0 Å². The summed E-state index contributed by atoms with van der Waals surface area (Å²) in [5.74, 6) is 0. The van der Waals surface area contributed by atoms with Gasteiger partial charge >= 0.3 is 0 Å². The molecule has 1 aliphatic carbocycles. The highest BCUT2D eigenvalue weighted by atomic mass is 32.1. The van der Waals surface area contributed by atoms with Crippen LogP contribution in [0.5, 0.6) is 0 Å². The Morgan fingerprint density at radius 1 is 0.273 bits per heavy atom. The lowest BCUT2D eigenvalue weighted by Crippen LogP contribution is -2.28. The third-order valence-electron chi connectivity index (χ3n) is 15.7. The summed E-state index contributed by atoms with van der Waals surface area (Å²) in [4.78, 5) is 4.68. The van der Waals surface area contributed by atoms with Gasteiger partial charge in [-0.15, -0.1) is 11.3 Å². The van der Waals surface area contributed by atoms with E-state index in [1.54, 1.807) is 0 Å². The molecule has 77 heavy (non-hydrogen) atoms. The van der Waals surface area contributed by atoms with Crippen molar-refractivity contribution in [2.75, 3.05) is 9.80 Å². The standard InChI is InChI=1S/C73H48N2OS/c1-6-18-53(19-7-1)73(54-20-8-2-9-21-54)67-41-32-51(44-64(67)61-39-37-59(47-68(61)73)74(55-22-10-3-11-23-55)56-24-12-4-13-25-56)52-33-42-69-65(45-52)62-40-38-60(48-70(62)76-69)75(57-26-14-5-15-27-57)58-35-30-49(31-36-58)50-34-43-72-66(46-50)63-28-16-17-29-71(63)77-72/h1-48H. The van der Waals surface area contributed by atoms with Crippen molar-refractivity contribution in [1.29, 1.82) is 0 Å². The molecule has 14 aromatic rings. The molecule has 0 bridgehead atoms. The maximum Gasteiger partial charge on any atom is 0.137 e. The minimum absolute atomic E-state index is 0.576. The first-order chi connectivity index (χ1) is 38.2. The van der Waals surface area contributed by atoms with Crippen molar-refractivity contribution in [2.24, 2.45) is 0 Å². The Hall–Kier alpha value is -9.74. The smallest absolute Gasteiger partial charge is 0.137 e. The third-order valence-corrected chi connectivity index (χ3v) is 16.9. The summed E-state index contributed by atoms with van der Waals surface area (Å²) in [6, 6.07) is 106. The first-order valence-corrected chi connectivity index (χ1v) is 27.1. The van der Waals surface area contributed by atoms with E-state index < -0.39 is 5.41 Å². The number of thiophene rings is 1. The second-order valence-corrected chi connectivity index (χ2v) is 21.1. The molecule has 0 unspecified atom stereocenters. The molecule has 362 valence electrons. The average molecular weight is 1000 g/mol. The zero-order chi connectivity index (χ0) is 50.9. The molecule has 0 saturated carbocycles. The second kappa shape index (κ2) is 18.3. The van der Waals surface area contributed by atoms with Gasteiger partial charge in [-0.05, 0) is 165 Å². The van der Waals surface area contributed by atoms with E-state index in [0.29, 0.717) is 0 Å². The van der Waals surface area contributed by atoms with Gasteiger partial charge in [0.05, 0.1) is 5.41 Å². The van der Waals surface area contributed by atoms with E-state index >= 15 is 0 Å². The number of fused-ring (bicyclic) bond motifs is 9. The maximum atomic E-state index is 6.75. The van der Waals surface area contributed by atoms with Crippen molar-refractivity contribution >= 4 is 87.6 Å². The van der Waals surface area contributed by atoms with Gasteiger partial charge in [0.1, 0.15) is 11.2 Å². The number of anilines is 6. The Balaban J connectivity index is 0.823. The third kappa shape index (κ3) is 7.40. The number of furan rings is 1. The molecule has 0 atom stereocenters. The summed E-state index contributed by atoms with van der Waals surface area (Å²) >= 11 is 1.85. The van der Waals surface area contributed by atoms with Crippen LogP contribution < -0.4 is 9.80 Å². The van der Waals surface area contributed by atoms with E-state index in [1.807, 2.05) is 11.3 Å². The normalized spacial score (nSPS) is 12.5. The number of hydrogen-bond acceptors (Lipinski definition) is 4. The molecule has 0 spiro atoms. The van der Waals surface area contributed by atoms with Crippen LogP contribution >= 0.6 is 11.3 Å². The highest BCUT2D eigenvalue weighted by Gasteiger charge is 2.46. The molecule has 0 N–H and O–H groups in total. The number of para-hydroxylation sites is 3. The van der Waals surface area contributed by atoms with Crippen molar-refractivity contribution in [1.82, 2.24) is 0 Å². The number of benzene rings is 12. The predicted molar refractivity (Wildman–Crippen MR) is 324 cm³/mol. The van der Waals surface area contributed by atoms with E-state index in [2.05, 4.69) is 301 Å². The predicted octanol–water partition coefficient (Wildman–Crippen LogP) is 20.6. The summed E-state index contributed by atoms with van der Waals surface area (Å²) in [7, 11) is 0. The molecule has 0 radical (unpaired) electrons. The van der Waals surface area contributed by atoms with E-state index in [0.717, 1.165) is 67.2 Å². The van der Waals surface area contributed by atoms with Gasteiger partial charge in [0.15, 0.2) is 0 Å². The average Bonchev–Trinajstić information content (AvgIpc) is 4.30. The van der Waals surface area contributed by atoms with E-state index in [4.69, 9.17) is 4.42 Å². The molecule has 12 aromatic carbocycles. The molecule has 2 aromatic heterocycles. The van der Waals surface area contributed by atoms with Crippen LogP contribution in [0.3, 0.4) is 0 Å². The summed E-state index contributed by atoms with van der Waals surface area (Å²) in [6.07, 6.45) is 0. The van der Waals surface area contributed by atoms with Crippen LogP contribution in [0.4, 0.5) is 34.1 Å². The highest BCUT2D eigenvalue weighted by Crippen LogP contribution is 2.58. The van der Waals surface area contributed by atoms with Crippen LogP contribution in [-0.2, 0) is 5.41 Å². The van der Waals surface area contributed by atoms with Crippen LogP contribution in [0, 0.1) is 0 Å². The topological polar surface area (TPSA) is 19.6 Å². The Bertz CT molecular complexity index is 4410. The van der Waals surface area contributed by atoms with Gasteiger partial charge in [0.2, 0.25) is 0 Å². The van der Waals surface area contributed by atoms with E-state index in [-0.39, 0.29) is 0 Å². The van der Waals surface area contributed by atoms with Crippen LogP contribution in [-0.4, -0.2) is 0 Å². The highest BCUT2D eigenvalue weighted by molar-refractivity contribution is 7.25. The number of nitrogens with zero attached hydrogens (tertiary/aromatic N) is 2. The lowest BCUT2D eigenvalue weighted by atomic mass is 9.67. The Kier molecular flexibility index (Phi) is 10.6. The van der Waals surface area contributed by atoms with Crippen LogP contribution in [0.2, 0.25) is 0 Å². The summed E-state index contributed by atoms with van der Waals surface area (Å²) in [5, 5.41) is 4.79. The molecule has 3 nitrogen and oxygen atoms in total. The van der Waals surface area contributed by atoms with Crippen molar-refractivity contribution in [3.05, 3.63) is 313 Å². The lowest BCUT2D eigenvalue weighted by molar-refractivity contribution is 0.669. The van der Waals surface area contributed by atoms with Gasteiger partial charge in [-0.3, -0.25) is 0 Å². The zero-order valence-corrected chi connectivity index (χ0v) is 42.7. The molecule has 0 aliphatic heterocycles. The molecule has 0 fully saturated rings. The second-order valence-electron chi connectivity index (χ2n) is 20.0. The quantitative estimate of drug-likeness (QED) is 0.136. The summed E-state index contributed by atoms with van der Waals surface area (Å²) in [6.45, 7) is 0. The minimum atomic E-state index is -0.576. The fraction of sp³-hybridized carbons (Fsp3) is 0.0137. The van der Waals surface area contributed by atoms with Gasteiger partial charge in [0, 0.05) is 71.1 Å². The van der Waals surface area contributed by atoms with Gasteiger partial charge in [-0.25, -0.2) is 0 Å². The van der Waals surface area contributed by atoms with Gasteiger partial charge < -0.3 is 14.2 Å². The van der Waals surface area contributed by atoms with Gasteiger partial charge in [-0.2, -0.15) is 0 Å². The van der Waals surface area contributed by atoms with E-state index in [1.165, 1.54) is 64.7 Å². The van der Waals surface area contributed by atoms with Gasteiger partial charge in [0.25, 0.3) is 0 Å². The summed E-state index contributed by atoms with van der Waals surface area (Å²) in [5.41, 5.74) is 19.8. The Morgan fingerprint density at radius 3 is 1.42 bits per heavy atom. The molecule has 15 rings (SSSR count). The fourth-order valence-corrected chi connectivity index (χ4v) is 13.3. The van der Waals surface area contributed by atoms with Crippen LogP contribution in [0.25, 0.3) is 75.5 Å². The first-order valence-electron chi connectivity index (χ1n) is 26.3. The van der Waals surface area contributed by atoms with Crippen molar-refractivity contribution in [3.63, 3.8) is 0 Å². The fourth-order valence-electron chi connectivity index (χ4n) is 12.2. The van der Waals surface area contributed by atoms with Crippen LogP contribution in [0.15, 0.2) is 296 Å².